The monoisotopic (exact) mass is 519 g/mol. The van der Waals surface area contributed by atoms with Gasteiger partial charge in [0.25, 0.3) is 5.56 Å². The molecule has 5 rings (SSSR count). The average molecular weight is 520 g/mol. The van der Waals surface area contributed by atoms with Gasteiger partial charge < -0.3 is 19.9 Å². The van der Waals surface area contributed by atoms with E-state index in [1.165, 1.54) is 29.4 Å². The van der Waals surface area contributed by atoms with Crippen LogP contribution >= 0.6 is 0 Å². The summed E-state index contributed by atoms with van der Waals surface area (Å²) in [6.45, 7) is 4.19. The summed E-state index contributed by atoms with van der Waals surface area (Å²) < 4.78 is 3.53. The lowest BCUT2D eigenvalue weighted by molar-refractivity contribution is -0.116. The molecular weight excluding hydrogens is 490 g/mol. The van der Waals surface area contributed by atoms with Crippen molar-refractivity contribution < 1.29 is 9.90 Å². The highest BCUT2D eigenvalue weighted by Gasteiger charge is 2.23. The van der Waals surface area contributed by atoms with Crippen molar-refractivity contribution in [3.63, 3.8) is 0 Å². The molecule has 5 heterocycles. The molecule has 0 spiro atoms. The summed E-state index contributed by atoms with van der Waals surface area (Å²) in [4.78, 5) is 58.3. The molecule has 4 aromatic rings. The molecule has 0 aliphatic carbocycles. The summed E-state index contributed by atoms with van der Waals surface area (Å²) in [6.07, 6.45) is 6.13. The zero-order valence-corrected chi connectivity index (χ0v) is 21.4. The Bertz CT molecular complexity index is 1600. The number of nitrogens with one attached hydrogen (secondary N) is 1. The number of imidazole rings is 1. The minimum Gasteiger partial charge on any atom is -0.392 e. The maximum atomic E-state index is 13.0. The molecule has 13 nitrogen and oxygen atoms in total. The number of pyridine rings is 1. The first-order valence-electron chi connectivity index (χ1n) is 12.4. The van der Waals surface area contributed by atoms with Gasteiger partial charge in [-0.2, -0.15) is 0 Å². The minimum atomic E-state index is -0.902. The van der Waals surface area contributed by atoms with Crippen molar-refractivity contribution >= 4 is 28.8 Å². The van der Waals surface area contributed by atoms with Gasteiger partial charge in [-0.3, -0.25) is 18.7 Å². The summed E-state index contributed by atoms with van der Waals surface area (Å²) in [7, 11) is 1.48. The lowest BCUT2D eigenvalue weighted by atomic mass is 10.2. The highest BCUT2D eigenvalue weighted by molar-refractivity contribution is 5.90. The van der Waals surface area contributed by atoms with Crippen LogP contribution in [0.25, 0.3) is 22.4 Å². The van der Waals surface area contributed by atoms with E-state index in [2.05, 4.69) is 37.1 Å². The first-order valence-corrected chi connectivity index (χ1v) is 12.4. The number of rotatable bonds is 7. The van der Waals surface area contributed by atoms with Crippen molar-refractivity contribution in [1.82, 2.24) is 33.6 Å². The lowest BCUT2D eigenvalue weighted by Gasteiger charge is -2.20. The van der Waals surface area contributed by atoms with Crippen molar-refractivity contribution in [3.8, 4) is 11.3 Å². The predicted octanol–water partition coefficient (Wildman–Crippen LogP) is 0.757. The molecule has 1 saturated heterocycles. The van der Waals surface area contributed by atoms with Gasteiger partial charge in [0.1, 0.15) is 12.4 Å². The van der Waals surface area contributed by atoms with Gasteiger partial charge in [-0.1, -0.05) is 6.07 Å². The normalized spacial score (nSPS) is 16.2. The number of aromatic nitrogens is 7. The van der Waals surface area contributed by atoms with Crippen LogP contribution in [0, 0.1) is 0 Å². The first-order chi connectivity index (χ1) is 18.2. The van der Waals surface area contributed by atoms with Crippen molar-refractivity contribution in [3.05, 3.63) is 57.8 Å². The Morgan fingerprint density at radius 3 is 2.66 bits per heavy atom. The van der Waals surface area contributed by atoms with Crippen LogP contribution < -0.4 is 21.5 Å². The molecule has 1 aliphatic heterocycles. The van der Waals surface area contributed by atoms with Crippen LogP contribution in [0.5, 0.6) is 0 Å². The van der Waals surface area contributed by atoms with Crippen LogP contribution in [0.15, 0.2) is 46.5 Å². The fraction of sp³-hybridized carbons (Fsp3) is 0.400. The quantitative estimate of drug-likeness (QED) is 0.360. The molecule has 38 heavy (non-hydrogen) atoms. The summed E-state index contributed by atoms with van der Waals surface area (Å²) >= 11 is 0. The molecule has 1 aliphatic rings. The number of anilines is 2. The van der Waals surface area contributed by atoms with Crippen molar-refractivity contribution in [1.29, 1.82) is 0 Å². The number of fused-ring (bicyclic) bond motifs is 1. The Hall–Kier alpha value is -4.39. The maximum absolute atomic E-state index is 13.0. The van der Waals surface area contributed by atoms with E-state index < -0.39 is 23.3 Å². The zero-order chi connectivity index (χ0) is 27.0. The molecule has 0 aromatic carbocycles. The fourth-order valence-corrected chi connectivity index (χ4v) is 4.70. The maximum Gasteiger partial charge on any atom is 0.332 e. The van der Waals surface area contributed by atoms with E-state index in [0.717, 1.165) is 29.5 Å². The molecule has 0 bridgehead atoms. The molecule has 1 amide bonds. The van der Waals surface area contributed by atoms with Gasteiger partial charge in [0, 0.05) is 37.6 Å². The van der Waals surface area contributed by atoms with E-state index in [1.807, 2.05) is 0 Å². The van der Waals surface area contributed by atoms with Gasteiger partial charge >= 0.3 is 5.69 Å². The predicted molar refractivity (Wildman–Crippen MR) is 141 cm³/mol. The van der Waals surface area contributed by atoms with Crippen molar-refractivity contribution in [2.45, 2.75) is 51.9 Å². The number of nitrogens with zero attached hydrogens (tertiary/aromatic N) is 8. The Morgan fingerprint density at radius 1 is 1.21 bits per heavy atom. The number of amides is 1. The van der Waals surface area contributed by atoms with Crippen LogP contribution in [0.4, 0.5) is 11.8 Å². The van der Waals surface area contributed by atoms with Gasteiger partial charge in [-0.05, 0) is 38.8 Å². The standard InChI is InChI=1S/C25H29N9O4/c1-15-6-5-9-33(15)24-26-10-17(11-27-24)18-7-4-8-19(29-18)30-20(36)13-32-14-28-22-21(32)23(37)34(12-16(2)35)25(38)31(22)3/h4,7-8,10-11,14-16,35H,5-6,9,12-13H2,1-3H3,(H,29,30,36)/t15-,16?/m1/s1. The molecular formula is C25H29N9O4. The molecule has 2 N–H and O–H groups in total. The van der Waals surface area contributed by atoms with Crippen LogP contribution in [0.1, 0.15) is 26.7 Å². The fourth-order valence-electron chi connectivity index (χ4n) is 4.70. The van der Waals surface area contributed by atoms with E-state index >= 15 is 0 Å². The number of hydrogen-bond acceptors (Lipinski definition) is 9. The Kier molecular flexibility index (Phi) is 6.76. The third-order valence-corrected chi connectivity index (χ3v) is 6.62. The molecule has 198 valence electrons. The van der Waals surface area contributed by atoms with E-state index in [4.69, 9.17) is 0 Å². The van der Waals surface area contributed by atoms with Crippen LogP contribution in [-0.4, -0.2) is 63.3 Å². The second kappa shape index (κ2) is 10.2. The largest absolute Gasteiger partial charge is 0.392 e. The molecule has 1 unspecified atom stereocenters. The number of aliphatic hydroxyl groups excluding tert-OH is 1. The SMILES string of the molecule is CC(O)Cn1c(=O)c2c(ncn2CC(=O)Nc2cccc(-c3cnc(N4CCC[C@H]4C)nc3)n2)n(C)c1=O. The van der Waals surface area contributed by atoms with Crippen molar-refractivity contribution in [2.75, 3.05) is 16.8 Å². The summed E-state index contributed by atoms with van der Waals surface area (Å²) in [5.41, 5.74) is 0.354. The zero-order valence-electron chi connectivity index (χ0n) is 21.4. The van der Waals surface area contributed by atoms with Gasteiger partial charge in [-0.15, -0.1) is 0 Å². The molecule has 13 heteroatoms. The first kappa shape index (κ1) is 25.3. The smallest absolute Gasteiger partial charge is 0.332 e. The van der Waals surface area contributed by atoms with Gasteiger partial charge in [0.05, 0.1) is 24.7 Å². The van der Waals surface area contributed by atoms with E-state index in [1.54, 1.807) is 30.6 Å². The number of carbonyl (C=O) groups excluding carboxylic acids is 1. The Labute approximate surface area is 217 Å². The molecule has 0 saturated carbocycles. The van der Waals surface area contributed by atoms with Crippen LogP contribution in [0.3, 0.4) is 0 Å². The second-order valence-corrected chi connectivity index (χ2v) is 9.56. The Balaban J connectivity index is 1.34. The van der Waals surface area contributed by atoms with Gasteiger partial charge in [0.2, 0.25) is 11.9 Å². The van der Waals surface area contributed by atoms with E-state index in [9.17, 15) is 19.5 Å². The lowest BCUT2D eigenvalue weighted by Crippen LogP contribution is -2.42. The van der Waals surface area contributed by atoms with Crippen LogP contribution in [-0.2, 0) is 24.9 Å². The third-order valence-electron chi connectivity index (χ3n) is 6.62. The molecule has 4 aromatic heterocycles. The average Bonchev–Trinajstić information content (AvgIpc) is 3.51. The number of aryl methyl sites for hydroxylation is 1. The molecule has 0 radical (unpaired) electrons. The minimum absolute atomic E-state index is 0.0918. The third kappa shape index (κ3) is 4.79. The topological polar surface area (TPSA) is 153 Å². The summed E-state index contributed by atoms with van der Waals surface area (Å²) in [5.74, 6) is 0.591. The number of aliphatic hydroxyl groups is 1. The van der Waals surface area contributed by atoms with Crippen molar-refractivity contribution in [2.24, 2.45) is 7.05 Å². The van der Waals surface area contributed by atoms with Crippen LogP contribution in [0.2, 0.25) is 0 Å². The van der Waals surface area contributed by atoms with Gasteiger partial charge in [0.15, 0.2) is 11.2 Å². The number of hydrogen-bond donors (Lipinski definition) is 2. The van der Waals surface area contributed by atoms with Gasteiger partial charge in [-0.25, -0.2) is 24.7 Å². The summed E-state index contributed by atoms with van der Waals surface area (Å²) in [5, 5.41) is 12.5. The van der Waals surface area contributed by atoms with E-state index in [0.29, 0.717) is 23.5 Å². The second-order valence-electron chi connectivity index (χ2n) is 9.56. The summed E-state index contributed by atoms with van der Waals surface area (Å²) in [6, 6.07) is 5.65. The highest BCUT2D eigenvalue weighted by atomic mass is 16.3. The number of carbonyl (C=O) groups is 1. The highest BCUT2D eigenvalue weighted by Crippen LogP contribution is 2.24. The molecule has 1 fully saturated rings. The molecule has 2 atom stereocenters. The van der Waals surface area contributed by atoms with E-state index in [-0.39, 0.29) is 24.3 Å². The Morgan fingerprint density at radius 2 is 1.97 bits per heavy atom.